The zero-order valence-corrected chi connectivity index (χ0v) is 56.4. The molecule has 96 heavy (non-hydrogen) atoms. The molecule has 1 aromatic carbocycles. The predicted octanol–water partition coefficient (Wildman–Crippen LogP) is -1.10. The van der Waals surface area contributed by atoms with Crippen molar-refractivity contribution in [3.05, 3.63) is 88.6 Å². The van der Waals surface area contributed by atoms with Crippen LogP contribution in [0.3, 0.4) is 0 Å². The molecule has 16 N–H and O–H groups in total. The Kier molecular flexibility index (Phi) is 40.9. The van der Waals surface area contributed by atoms with E-state index >= 15 is 0 Å². The average molecular weight is 1440 g/mol. The molecular weight excluding hydrogens is 1350 g/mol. The zero-order chi connectivity index (χ0) is 72.3. The second kappa shape index (κ2) is 46.5. The van der Waals surface area contributed by atoms with Crippen LogP contribution in [-0.2, 0) is 71.3 Å². The molecule has 0 saturated carbocycles. The van der Waals surface area contributed by atoms with Crippen molar-refractivity contribution in [2.75, 3.05) is 78.6 Å². The number of aliphatic carboxylic acids is 2. The second-order valence-electron chi connectivity index (χ2n) is 21.2. The summed E-state index contributed by atoms with van der Waals surface area (Å²) in [6.45, 7) is 6.63. The third-order valence-corrected chi connectivity index (χ3v) is 13.5. The number of benzene rings is 1. The van der Waals surface area contributed by atoms with Crippen LogP contribution in [0.25, 0.3) is 5.32 Å². The fourth-order valence-corrected chi connectivity index (χ4v) is 8.37. The number of rotatable bonds is 39. The van der Waals surface area contributed by atoms with Crippen molar-refractivity contribution >= 4 is 88.6 Å². The third kappa shape index (κ3) is 33.5. The number of hydrogen-bond acceptors (Lipinski definition) is 21. The summed E-state index contributed by atoms with van der Waals surface area (Å²) in [6, 6.07) is 6.46. The number of carboxylic acids is 2. The molecule has 3 rings (SSSR count). The molecule has 4 atom stereocenters. The average Bonchev–Trinajstić information content (AvgIpc) is 0.847. The Labute approximate surface area is 564 Å². The minimum Gasteiger partial charge on any atom is -0.642 e. The Balaban J connectivity index is 0.00000109. The number of nitrogens with one attached hydrogen (secondary N) is 7. The molecule has 0 saturated heterocycles. The van der Waals surface area contributed by atoms with E-state index in [1.54, 1.807) is 77.6 Å². The van der Waals surface area contributed by atoms with Gasteiger partial charge in [0.25, 0.3) is 17.8 Å². The monoisotopic (exact) mass is 1430 g/mol. The molecule has 3 aromatic rings. The Morgan fingerprint density at radius 1 is 0.740 bits per heavy atom. The number of pyridine rings is 2. The Morgan fingerprint density at radius 2 is 1.40 bits per heavy atom. The summed E-state index contributed by atoms with van der Waals surface area (Å²) in [5.74, 6) is -8.28. The SMILES string of the molecule is CCOC(=O)CCC(NC(=O)c1ccncc1)C(=O)OCC.CNC(=O)[C@H](CC(=O)O)NC(=O)CNC(=O)[C@H](CCCN=C(N)N)N(C)C(=O)[C@H](NC(=O)c1cc(C)cc(NC(=O)CCCCCNC(=O)c2ccc(N=[N+]=[Tc])nc2)c1)C(C)C.O=C(O)C[N-]C(CO)(CO)CO. The van der Waals surface area contributed by atoms with Crippen LogP contribution < -0.4 is 52.1 Å². The standard InChI is InChI=1S/C39H56N13O9.C15H20N2O5.C6H12NO5.Tc/c1-22(2)33(38(61)52(5)28(10-9-15-45-39(40)41)37(60)47-21-31(54)49-27(19-32(55)56)36(59)43-4)50-35(58)25-16-23(3)17-26(18-25)48-30(53)11-7-6-8-14-44-34(57)24-12-13-29(51-42)46-20-24;1-3-21-13(18)6-5-12(15(20)22-4-2)17-14(19)11-7-9-16-10-8-11;8-2-6(3-9,4-10)7-1-5(11)12;/h12-13,16-18,20,22,27-28,33H,6-11,14-15,19,21H2,1-5H3,(H,43,59)(H,44,57)(H,47,60)(H,48,53)(H,49,54)(H,50,58)(H,55,56)(H4,40,41,45);7-10,12H,3-6H2,1-2H3,(H,17,19);8-10H,1-4H2,(H,11,12);/q-1;;-1;+2/t27-,28-,33+;;;/m0.../s1. The maximum Gasteiger partial charge on any atom is 0.282 e. The van der Waals surface area contributed by atoms with Gasteiger partial charge in [-0.05, 0) is 88.4 Å². The number of nitrogens with two attached hydrogens (primary N) is 2. The molecule has 0 aliphatic heterocycles. The number of esters is 2. The first-order valence-electron chi connectivity index (χ1n) is 30.1. The van der Waals surface area contributed by atoms with Crippen LogP contribution in [-0.4, -0.2) is 221 Å². The Bertz CT molecular complexity index is 3120. The number of carboxylic acid groups (broad SMARTS) is 2. The fraction of sp³-hybridized carbons (Fsp3) is 0.517. The van der Waals surface area contributed by atoms with Crippen LogP contribution in [0.5, 0.6) is 0 Å². The number of aryl methyl sites for hydroxylation is 1. The van der Waals surface area contributed by atoms with E-state index in [4.69, 9.17) is 46.5 Å². The van der Waals surface area contributed by atoms with Crippen LogP contribution in [0, 0.1) is 12.8 Å². The number of aromatic nitrogens is 2. The summed E-state index contributed by atoms with van der Waals surface area (Å²) in [5, 5.41) is 68.6. The summed E-state index contributed by atoms with van der Waals surface area (Å²) < 4.78 is 13.3. The number of carbonyl (C=O) groups excluding carboxylic acids is 10. The van der Waals surface area contributed by atoms with Gasteiger partial charge in [0.1, 0.15) is 24.2 Å². The summed E-state index contributed by atoms with van der Waals surface area (Å²) in [6.07, 6.45) is 6.17. The molecule has 2 aromatic heterocycles. The van der Waals surface area contributed by atoms with E-state index in [0.29, 0.717) is 54.0 Å². The minimum absolute atomic E-state index is 0.0218. The molecular formula is C60H88N16O19Tc. The molecule has 1 unspecified atom stereocenters. The Hall–Kier alpha value is -9.57. The normalized spacial score (nSPS) is 11.8. The fourth-order valence-electron chi connectivity index (χ4n) is 8.18. The summed E-state index contributed by atoms with van der Waals surface area (Å²) in [5.41, 5.74) is 11.4. The van der Waals surface area contributed by atoms with Gasteiger partial charge < -0.3 is 88.6 Å². The van der Waals surface area contributed by atoms with E-state index in [1.165, 1.54) is 50.9 Å². The zero-order valence-electron chi connectivity index (χ0n) is 54.5. The molecule has 35 nitrogen and oxygen atoms in total. The van der Waals surface area contributed by atoms with E-state index in [2.05, 4.69) is 66.0 Å². The van der Waals surface area contributed by atoms with Gasteiger partial charge in [0.05, 0.1) is 26.2 Å². The van der Waals surface area contributed by atoms with Gasteiger partial charge in [0, 0.05) is 82.5 Å². The van der Waals surface area contributed by atoms with Gasteiger partial charge in [0.15, 0.2) is 5.96 Å². The van der Waals surface area contributed by atoms with Crippen LogP contribution >= 0.6 is 0 Å². The van der Waals surface area contributed by atoms with Crippen LogP contribution in [0.4, 0.5) is 11.5 Å². The predicted molar refractivity (Wildman–Crippen MR) is 341 cm³/mol. The quantitative estimate of drug-likeness (QED) is 0.00805. The van der Waals surface area contributed by atoms with E-state index in [9.17, 15) is 57.5 Å². The number of anilines is 1. The van der Waals surface area contributed by atoms with Crippen molar-refractivity contribution < 1.29 is 111 Å². The van der Waals surface area contributed by atoms with Crippen LogP contribution in [0.1, 0.15) is 122 Å². The topological polar surface area (TPSA) is 543 Å². The number of unbranched alkanes of at least 4 members (excludes halogenated alkanes) is 2. The van der Waals surface area contributed by atoms with Crippen molar-refractivity contribution in [1.29, 1.82) is 0 Å². The van der Waals surface area contributed by atoms with E-state index in [1.807, 2.05) is 0 Å². The number of aliphatic hydroxyl groups is 3. The number of hydrogen-bond donors (Lipinski definition) is 14. The van der Waals surface area contributed by atoms with Crippen molar-refractivity contribution in [3.63, 3.8) is 0 Å². The number of likely N-dealkylation sites (N-methyl/N-ethyl adjacent to an activating group) is 2. The molecule has 0 fully saturated rings. The summed E-state index contributed by atoms with van der Waals surface area (Å²) in [7, 11) is 2.65. The number of nitrogens with zero attached hydrogens (tertiary/aromatic N) is 7. The van der Waals surface area contributed by atoms with Gasteiger partial charge in [-0.1, -0.05) is 19.4 Å². The van der Waals surface area contributed by atoms with Gasteiger partial charge in [0.2, 0.25) is 29.5 Å². The first kappa shape index (κ1) is 84.4. The van der Waals surface area contributed by atoms with Crippen molar-refractivity contribution in [2.24, 2.45) is 27.5 Å². The summed E-state index contributed by atoms with van der Waals surface area (Å²) >= 11 is 1.73. The number of ether oxygens (including phenoxy) is 2. The van der Waals surface area contributed by atoms with Crippen LogP contribution in [0.15, 0.2) is 71.2 Å². The Morgan fingerprint density at radius 3 is 1.96 bits per heavy atom. The van der Waals surface area contributed by atoms with E-state index in [0.717, 1.165) is 4.90 Å². The molecule has 0 radical (unpaired) electrons. The largest absolute Gasteiger partial charge is 0.642 e. The molecule has 2 heterocycles. The number of carbonyl (C=O) groups is 12. The van der Waals surface area contributed by atoms with Gasteiger partial charge >= 0.3 is 122 Å². The molecule has 8 amide bonds. The van der Waals surface area contributed by atoms with Gasteiger partial charge in [-0.15, -0.1) is 0 Å². The van der Waals surface area contributed by atoms with Gasteiger partial charge in [-0.3, -0.25) is 57.9 Å². The van der Waals surface area contributed by atoms with Crippen molar-refractivity contribution in [3.8, 4) is 0 Å². The van der Waals surface area contributed by atoms with Gasteiger partial charge in [-0.2, -0.15) is 0 Å². The van der Waals surface area contributed by atoms with E-state index in [-0.39, 0.29) is 75.2 Å². The number of aliphatic imine (C=N–C) groups is 1. The second-order valence-corrected chi connectivity index (χ2v) is 21.6. The number of aliphatic hydroxyl groups excluding tert-OH is 3. The maximum absolute atomic E-state index is 14.0. The third-order valence-electron chi connectivity index (χ3n) is 13.3. The maximum atomic E-state index is 14.0. The molecule has 0 aliphatic carbocycles. The van der Waals surface area contributed by atoms with E-state index < -0.39 is 134 Å². The first-order chi connectivity index (χ1) is 45.5. The molecule has 0 aliphatic rings. The minimum atomic E-state index is -1.43. The summed E-state index contributed by atoms with van der Waals surface area (Å²) in [4.78, 5) is 161. The molecule has 36 heteroatoms. The van der Waals surface area contributed by atoms with Crippen molar-refractivity contribution in [1.82, 2.24) is 50.2 Å². The van der Waals surface area contributed by atoms with Gasteiger partial charge in [-0.25, -0.2) is 4.79 Å². The van der Waals surface area contributed by atoms with Crippen LogP contribution in [0.2, 0.25) is 0 Å². The molecule has 0 spiro atoms. The molecule has 0 bridgehead atoms. The first-order valence-corrected chi connectivity index (χ1v) is 30.9. The molecule has 529 valence electrons. The smallest absolute Gasteiger partial charge is 0.282 e. The number of amides is 8. The van der Waals surface area contributed by atoms with Crippen molar-refractivity contribution in [2.45, 2.75) is 122 Å². The number of guanidine groups is 1.